The maximum absolute atomic E-state index is 10.7. The van der Waals surface area contributed by atoms with Crippen molar-refractivity contribution in [1.82, 2.24) is 10.6 Å². The van der Waals surface area contributed by atoms with E-state index in [-0.39, 0.29) is 11.9 Å². The maximum Gasteiger partial charge on any atom is 0.216 e. The smallest absolute Gasteiger partial charge is 0.216 e. The van der Waals surface area contributed by atoms with E-state index in [2.05, 4.69) is 46.7 Å². The lowest BCUT2D eigenvalue weighted by molar-refractivity contribution is -0.118. The molecule has 0 aliphatic carbocycles. The van der Waals surface area contributed by atoms with Crippen molar-refractivity contribution in [3.8, 4) is 0 Å². The molecule has 1 rings (SSSR count). The predicted octanol–water partition coefficient (Wildman–Crippen LogP) is 1.54. The number of anilines is 1. The second-order valence-electron chi connectivity index (χ2n) is 4.64. The fourth-order valence-electron chi connectivity index (χ4n) is 1.71. The van der Waals surface area contributed by atoms with Gasteiger partial charge in [0.15, 0.2) is 0 Å². The Hall–Kier alpha value is -1.55. The lowest BCUT2D eigenvalue weighted by atomic mass is 10.1. The molecule has 0 heterocycles. The van der Waals surface area contributed by atoms with Crippen LogP contribution in [0, 0.1) is 0 Å². The lowest BCUT2D eigenvalue weighted by Gasteiger charge is -2.17. The van der Waals surface area contributed by atoms with Gasteiger partial charge in [0.05, 0.1) is 0 Å². The predicted molar refractivity (Wildman–Crippen MR) is 75.9 cm³/mol. The van der Waals surface area contributed by atoms with Gasteiger partial charge in [-0.1, -0.05) is 12.1 Å². The number of rotatable bonds is 6. The Balaban J connectivity index is 2.41. The lowest BCUT2D eigenvalue weighted by Crippen LogP contribution is -2.31. The normalized spacial score (nSPS) is 12.0. The van der Waals surface area contributed by atoms with Crippen LogP contribution in [0.15, 0.2) is 24.3 Å². The van der Waals surface area contributed by atoms with Gasteiger partial charge in [-0.05, 0) is 24.6 Å². The van der Waals surface area contributed by atoms with Gasteiger partial charge in [-0.15, -0.1) is 0 Å². The minimum absolute atomic E-state index is 0.0137. The molecule has 0 radical (unpaired) electrons. The summed E-state index contributed by atoms with van der Waals surface area (Å²) in [6.07, 6.45) is 0. The first-order valence-electron chi connectivity index (χ1n) is 6.26. The van der Waals surface area contributed by atoms with Crippen molar-refractivity contribution in [1.29, 1.82) is 0 Å². The summed E-state index contributed by atoms with van der Waals surface area (Å²) in [5, 5.41) is 6.14. The van der Waals surface area contributed by atoms with E-state index in [9.17, 15) is 4.79 Å². The highest BCUT2D eigenvalue weighted by molar-refractivity contribution is 5.72. The number of carbonyl (C=O) groups is 1. The van der Waals surface area contributed by atoms with Gasteiger partial charge in [0.25, 0.3) is 0 Å². The van der Waals surface area contributed by atoms with Gasteiger partial charge in [-0.25, -0.2) is 0 Å². The third-order valence-electron chi connectivity index (χ3n) is 2.86. The van der Waals surface area contributed by atoms with E-state index >= 15 is 0 Å². The van der Waals surface area contributed by atoms with Gasteiger partial charge >= 0.3 is 0 Å². The zero-order chi connectivity index (χ0) is 13.5. The Bertz CT molecular complexity index is 373. The fourth-order valence-corrected chi connectivity index (χ4v) is 1.71. The topological polar surface area (TPSA) is 44.4 Å². The minimum Gasteiger partial charge on any atom is -0.378 e. The van der Waals surface area contributed by atoms with E-state index in [4.69, 9.17) is 0 Å². The summed E-state index contributed by atoms with van der Waals surface area (Å²) < 4.78 is 0. The van der Waals surface area contributed by atoms with Gasteiger partial charge in [0.2, 0.25) is 5.91 Å². The highest BCUT2D eigenvalue weighted by Crippen LogP contribution is 2.17. The fraction of sp³-hybridized carbons (Fsp3) is 0.500. The molecule has 0 aliphatic heterocycles. The third-order valence-corrected chi connectivity index (χ3v) is 2.86. The Labute approximate surface area is 109 Å². The summed E-state index contributed by atoms with van der Waals surface area (Å²) in [7, 11) is 4.06. The van der Waals surface area contributed by atoms with E-state index in [1.165, 1.54) is 18.2 Å². The zero-order valence-electron chi connectivity index (χ0n) is 11.7. The molecule has 100 valence electrons. The van der Waals surface area contributed by atoms with E-state index in [0.29, 0.717) is 6.54 Å². The van der Waals surface area contributed by atoms with Crippen LogP contribution in [0.5, 0.6) is 0 Å². The largest absolute Gasteiger partial charge is 0.378 e. The highest BCUT2D eigenvalue weighted by atomic mass is 16.1. The molecule has 18 heavy (non-hydrogen) atoms. The van der Waals surface area contributed by atoms with Crippen molar-refractivity contribution in [2.45, 2.75) is 19.9 Å². The second-order valence-corrected chi connectivity index (χ2v) is 4.64. The van der Waals surface area contributed by atoms with E-state index in [1.807, 2.05) is 14.1 Å². The molecule has 1 amide bonds. The number of carbonyl (C=O) groups excluding carboxylic acids is 1. The van der Waals surface area contributed by atoms with Crippen LogP contribution in [0.3, 0.4) is 0 Å². The molecule has 0 saturated heterocycles. The van der Waals surface area contributed by atoms with E-state index < -0.39 is 0 Å². The number of hydrogen-bond donors (Lipinski definition) is 2. The van der Waals surface area contributed by atoms with Crippen LogP contribution >= 0.6 is 0 Å². The van der Waals surface area contributed by atoms with Crippen molar-refractivity contribution < 1.29 is 4.79 Å². The first kappa shape index (κ1) is 14.5. The summed E-state index contributed by atoms with van der Waals surface area (Å²) in [4.78, 5) is 12.8. The monoisotopic (exact) mass is 249 g/mol. The summed E-state index contributed by atoms with van der Waals surface area (Å²) in [6, 6.07) is 8.77. The highest BCUT2D eigenvalue weighted by Gasteiger charge is 2.04. The van der Waals surface area contributed by atoms with Crippen molar-refractivity contribution in [2.75, 3.05) is 32.1 Å². The molecular formula is C14H23N3O. The minimum atomic E-state index is 0.0137. The van der Waals surface area contributed by atoms with Crippen LogP contribution in [0.1, 0.15) is 25.5 Å². The molecule has 1 aromatic carbocycles. The van der Waals surface area contributed by atoms with Crippen molar-refractivity contribution in [3.63, 3.8) is 0 Å². The van der Waals surface area contributed by atoms with E-state index in [0.717, 1.165) is 6.54 Å². The van der Waals surface area contributed by atoms with Crippen molar-refractivity contribution in [2.24, 2.45) is 0 Å². The molecule has 4 heteroatoms. The first-order chi connectivity index (χ1) is 8.50. The molecule has 0 aliphatic rings. The zero-order valence-corrected chi connectivity index (χ0v) is 11.7. The van der Waals surface area contributed by atoms with Crippen LogP contribution in [0.2, 0.25) is 0 Å². The van der Waals surface area contributed by atoms with Gasteiger partial charge in [-0.3, -0.25) is 4.79 Å². The molecule has 4 nitrogen and oxygen atoms in total. The standard InChI is InChI=1S/C14H23N3O/c1-11(15-9-10-16-12(2)18)13-5-7-14(8-6-13)17(3)4/h5-8,11,15H,9-10H2,1-4H3,(H,16,18). The molecule has 0 saturated carbocycles. The number of hydrogen-bond acceptors (Lipinski definition) is 3. The van der Waals surface area contributed by atoms with Crippen LogP contribution in [-0.4, -0.2) is 33.1 Å². The molecule has 1 unspecified atom stereocenters. The molecule has 2 N–H and O–H groups in total. The quantitative estimate of drug-likeness (QED) is 0.752. The van der Waals surface area contributed by atoms with Crippen molar-refractivity contribution >= 4 is 11.6 Å². The van der Waals surface area contributed by atoms with Crippen LogP contribution < -0.4 is 15.5 Å². The average molecular weight is 249 g/mol. The molecule has 0 bridgehead atoms. The molecule has 1 aromatic rings. The molecule has 0 fully saturated rings. The summed E-state index contributed by atoms with van der Waals surface area (Å²) in [5.74, 6) is 0.0137. The van der Waals surface area contributed by atoms with Gasteiger partial charge in [0, 0.05) is 45.8 Å². The van der Waals surface area contributed by atoms with Crippen LogP contribution in [-0.2, 0) is 4.79 Å². The first-order valence-corrected chi connectivity index (χ1v) is 6.26. The third kappa shape index (κ3) is 4.75. The molecule has 1 atom stereocenters. The van der Waals surface area contributed by atoms with Crippen LogP contribution in [0.4, 0.5) is 5.69 Å². The summed E-state index contributed by atoms with van der Waals surface area (Å²) in [6.45, 7) is 5.09. The number of benzene rings is 1. The van der Waals surface area contributed by atoms with Gasteiger partial charge < -0.3 is 15.5 Å². The number of amides is 1. The number of nitrogens with one attached hydrogen (secondary N) is 2. The summed E-state index contributed by atoms with van der Waals surface area (Å²) >= 11 is 0. The summed E-state index contributed by atoms with van der Waals surface area (Å²) in [5.41, 5.74) is 2.45. The Morgan fingerprint density at radius 3 is 2.33 bits per heavy atom. The Kier molecular flexibility index (Phi) is 5.65. The average Bonchev–Trinajstić information content (AvgIpc) is 2.34. The molecular weight excluding hydrogens is 226 g/mol. The van der Waals surface area contributed by atoms with E-state index in [1.54, 1.807) is 0 Å². The van der Waals surface area contributed by atoms with Gasteiger partial charge in [0.1, 0.15) is 0 Å². The molecule has 0 aromatic heterocycles. The SMILES string of the molecule is CC(=O)NCCNC(C)c1ccc(N(C)C)cc1. The number of nitrogens with zero attached hydrogens (tertiary/aromatic N) is 1. The maximum atomic E-state index is 10.7. The Morgan fingerprint density at radius 1 is 1.22 bits per heavy atom. The van der Waals surface area contributed by atoms with Crippen molar-refractivity contribution in [3.05, 3.63) is 29.8 Å². The Morgan fingerprint density at radius 2 is 1.83 bits per heavy atom. The second kappa shape index (κ2) is 7.01. The van der Waals surface area contributed by atoms with Gasteiger partial charge in [-0.2, -0.15) is 0 Å². The molecule has 0 spiro atoms. The van der Waals surface area contributed by atoms with Crippen LogP contribution in [0.25, 0.3) is 0 Å².